The van der Waals surface area contributed by atoms with Crippen LogP contribution in [0.25, 0.3) is 0 Å². The molecular formula is C33H45ClN2O10S. The lowest BCUT2D eigenvalue weighted by Gasteiger charge is -2.40. The van der Waals surface area contributed by atoms with Crippen LogP contribution in [0.3, 0.4) is 0 Å². The standard InChI is InChI=1S/C33H45ClN2O10S/c1-19-9-7-10-25(42-6)33(40)18-22(44-31(39)35-33)16-27-32(3,46-27)26(45-30(38)20(2)43-11-8-12-47)17-28(37)36(4)23-14-21(13-19)15-24(41-5)29(23)34/h7,9-10,14-15,20,22,25-27,40,47H,8,11-13,16-18H2,1-6H3,(H,35,39)/b10-7+,19-9+/t20-,22+,25+,26-,27-,32-,33-/m0/s1. The molecule has 260 valence electrons. The van der Waals surface area contributed by atoms with Gasteiger partial charge in [-0.15, -0.1) is 0 Å². The summed E-state index contributed by atoms with van der Waals surface area (Å²) in [5, 5.41) is 14.3. The van der Waals surface area contributed by atoms with Crippen LogP contribution in [0.1, 0.15) is 52.0 Å². The normalized spacial score (nSPS) is 32.2. The number of amides is 2. The highest BCUT2D eigenvalue weighted by Gasteiger charge is 2.61. The predicted octanol–water partition coefficient (Wildman–Crippen LogP) is 4.15. The number of epoxide rings is 1. The van der Waals surface area contributed by atoms with E-state index in [9.17, 15) is 19.5 Å². The van der Waals surface area contributed by atoms with Crippen molar-refractivity contribution < 1.29 is 47.9 Å². The fraction of sp³-hybridized carbons (Fsp3) is 0.606. The predicted molar refractivity (Wildman–Crippen MR) is 178 cm³/mol. The molecule has 0 saturated carbocycles. The number of halogens is 1. The third-order valence-electron chi connectivity index (χ3n) is 8.76. The van der Waals surface area contributed by atoms with Gasteiger partial charge in [-0.25, -0.2) is 9.59 Å². The van der Waals surface area contributed by atoms with Crippen LogP contribution in [-0.2, 0) is 39.7 Å². The van der Waals surface area contributed by atoms with Gasteiger partial charge >= 0.3 is 12.1 Å². The molecule has 2 saturated heterocycles. The van der Waals surface area contributed by atoms with Crippen molar-refractivity contribution in [3.63, 3.8) is 0 Å². The molecular weight excluding hydrogens is 652 g/mol. The summed E-state index contributed by atoms with van der Waals surface area (Å²) in [4.78, 5) is 41.1. The van der Waals surface area contributed by atoms with Crippen molar-refractivity contribution in [2.45, 2.75) is 94.7 Å². The van der Waals surface area contributed by atoms with Crippen molar-refractivity contribution >= 4 is 47.9 Å². The van der Waals surface area contributed by atoms with Gasteiger partial charge in [0.1, 0.15) is 34.7 Å². The number of alkyl carbamates (subject to hydrolysis) is 1. The van der Waals surface area contributed by atoms with E-state index in [-0.39, 0.29) is 30.2 Å². The second-order valence-corrected chi connectivity index (χ2v) is 13.2. The summed E-state index contributed by atoms with van der Waals surface area (Å²) in [7, 11) is 4.53. The lowest BCUT2D eigenvalue weighted by Crippen LogP contribution is -2.62. The Labute approximate surface area is 286 Å². The Balaban J connectivity index is 1.73. The lowest BCUT2D eigenvalue weighted by atomic mass is 9.90. The van der Waals surface area contributed by atoms with Gasteiger partial charge in [-0.2, -0.15) is 12.6 Å². The Hall–Kier alpha value is -2.81. The topological polar surface area (TPSA) is 145 Å². The molecule has 3 aliphatic heterocycles. The van der Waals surface area contributed by atoms with Gasteiger partial charge in [0.05, 0.1) is 25.3 Å². The highest BCUT2D eigenvalue weighted by Crippen LogP contribution is 2.46. The fourth-order valence-corrected chi connectivity index (χ4v) is 6.32. The molecule has 0 spiro atoms. The van der Waals surface area contributed by atoms with Crippen LogP contribution in [0, 0.1) is 0 Å². The van der Waals surface area contributed by atoms with Crippen LogP contribution >= 0.6 is 24.2 Å². The van der Waals surface area contributed by atoms with E-state index in [0.717, 1.165) is 11.1 Å². The summed E-state index contributed by atoms with van der Waals surface area (Å²) in [5.41, 5.74) is -0.686. The first kappa shape index (κ1) is 37.0. The van der Waals surface area contributed by atoms with Crippen LogP contribution in [0.2, 0.25) is 5.02 Å². The number of allylic oxidation sites excluding steroid dienone is 3. The van der Waals surface area contributed by atoms with Crippen molar-refractivity contribution in [2.24, 2.45) is 0 Å². The smallest absolute Gasteiger partial charge is 0.409 e. The van der Waals surface area contributed by atoms with Gasteiger partial charge in [-0.05, 0) is 57.1 Å². The third kappa shape index (κ3) is 8.81. The van der Waals surface area contributed by atoms with Crippen molar-refractivity contribution in [1.82, 2.24) is 5.32 Å². The Morgan fingerprint density at radius 3 is 2.72 bits per heavy atom. The SMILES string of the molecule is COc1cc2cc(c1Cl)N(C)C(=O)C[C@H](OC(=O)[C@H](C)OCCCS)[C@]1(C)O[C@H]1C[C@@H]1C[C@@](O)(NC(=O)O1)[C@H](OC)/C=C/C=C(\C)C2. The number of carbonyl (C=O) groups excluding carboxylic acids is 3. The van der Waals surface area contributed by atoms with Crippen molar-refractivity contribution in [1.29, 1.82) is 0 Å². The number of ether oxygens (including phenoxy) is 6. The van der Waals surface area contributed by atoms with Gasteiger partial charge in [0, 0.05) is 33.6 Å². The molecule has 7 atom stereocenters. The zero-order valence-electron chi connectivity index (χ0n) is 27.6. The third-order valence-corrected chi connectivity index (χ3v) is 9.45. The number of anilines is 1. The summed E-state index contributed by atoms with van der Waals surface area (Å²) in [6.45, 7) is 5.56. The maximum Gasteiger partial charge on any atom is 0.409 e. The van der Waals surface area contributed by atoms with Gasteiger partial charge < -0.3 is 38.4 Å². The molecule has 1 aromatic rings. The van der Waals surface area contributed by atoms with Gasteiger partial charge in [0.15, 0.2) is 11.8 Å². The molecule has 3 heterocycles. The number of benzene rings is 1. The number of hydrogen-bond acceptors (Lipinski definition) is 11. The maximum absolute atomic E-state index is 13.9. The summed E-state index contributed by atoms with van der Waals surface area (Å²) < 4.78 is 34.3. The number of hydrogen-bond donors (Lipinski definition) is 3. The van der Waals surface area contributed by atoms with E-state index < -0.39 is 53.9 Å². The number of nitrogens with zero attached hydrogens (tertiary/aromatic N) is 1. The van der Waals surface area contributed by atoms with Crippen molar-refractivity contribution in [3.8, 4) is 5.75 Å². The maximum atomic E-state index is 13.9. The Morgan fingerprint density at radius 1 is 1.30 bits per heavy atom. The van der Waals surface area contributed by atoms with Gasteiger partial charge in [0.25, 0.3) is 0 Å². The first-order valence-corrected chi connectivity index (χ1v) is 16.6. The molecule has 2 N–H and O–H groups in total. The molecule has 0 aliphatic carbocycles. The number of fused-ring (bicyclic) bond motifs is 5. The van der Waals surface area contributed by atoms with E-state index in [4.69, 9.17) is 40.0 Å². The number of nitrogens with one attached hydrogen (secondary N) is 1. The molecule has 4 rings (SSSR count). The number of methoxy groups -OCH3 is 2. The minimum atomic E-state index is -1.77. The minimum Gasteiger partial charge on any atom is -0.495 e. The second kappa shape index (κ2) is 15.6. The van der Waals surface area contributed by atoms with Gasteiger partial charge in [-0.3, -0.25) is 10.1 Å². The Kier molecular flexibility index (Phi) is 12.3. The summed E-state index contributed by atoms with van der Waals surface area (Å²) in [6.07, 6.45) is 1.34. The van der Waals surface area contributed by atoms with Crippen molar-refractivity contribution in [3.05, 3.63) is 46.5 Å². The Morgan fingerprint density at radius 2 is 2.04 bits per heavy atom. The van der Waals surface area contributed by atoms with Crippen LogP contribution in [0.4, 0.5) is 10.5 Å². The Bertz CT molecular complexity index is 1390. The van der Waals surface area contributed by atoms with E-state index in [1.807, 2.05) is 19.1 Å². The minimum absolute atomic E-state index is 0.00745. The van der Waals surface area contributed by atoms with Gasteiger partial charge in [0.2, 0.25) is 5.91 Å². The highest BCUT2D eigenvalue weighted by atomic mass is 35.5. The molecule has 2 fully saturated rings. The quantitative estimate of drug-likeness (QED) is 0.157. The first-order valence-electron chi connectivity index (χ1n) is 15.6. The molecule has 3 aliphatic rings. The molecule has 14 heteroatoms. The second-order valence-electron chi connectivity index (χ2n) is 12.3. The van der Waals surface area contributed by atoms with Crippen LogP contribution in [0.15, 0.2) is 35.9 Å². The summed E-state index contributed by atoms with van der Waals surface area (Å²) in [6, 6.07) is 3.61. The average molecular weight is 697 g/mol. The molecule has 0 radical (unpaired) electrons. The summed E-state index contributed by atoms with van der Waals surface area (Å²) >= 11 is 10.9. The zero-order chi connectivity index (χ0) is 34.5. The number of aliphatic hydroxyl groups is 1. The molecule has 0 unspecified atom stereocenters. The molecule has 2 amide bonds. The van der Waals surface area contributed by atoms with Gasteiger partial charge in [-0.1, -0.05) is 35.4 Å². The number of thiol groups is 1. The summed E-state index contributed by atoms with van der Waals surface area (Å²) in [5.74, 6) is -0.0480. The largest absolute Gasteiger partial charge is 0.495 e. The van der Waals surface area contributed by atoms with E-state index >= 15 is 0 Å². The monoisotopic (exact) mass is 696 g/mol. The van der Waals surface area contributed by atoms with Crippen molar-refractivity contribution in [2.75, 3.05) is 38.5 Å². The van der Waals surface area contributed by atoms with Crippen LogP contribution < -0.4 is 15.0 Å². The molecule has 0 aromatic heterocycles. The fourth-order valence-electron chi connectivity index (χ4n) is 5.88. The van der Waals surface area contributed by atoms with E-state index in [2.05, 4.69) is 17.9 Å². The number of rotatable bonds is 8. The number of esters is 1. The first-order chi connectivity index (χ1) is 22.2. The van der Waals surface area contributed by atoms with E-state index in [1.165, 1.54) is 19.1 Å². The van der Waals surface area contributed by atoms with E-state index in [1.54, 1.807) is 39.1 Å². The van der Waals surface area contributed by atoms with Crippen LogP contribution in [-0.4, -0.2) is 98.5 Å². The molecule has 12 nitrogen and oxygen atoms in total. The van der Waals surface area contributed by atoms with E-state index in [0.29, 0.717) is 36.6 Å². The number of carbonyl (C=O) groups is 3. The molecule has 47 heavy (non-hydrogen) atoms. The molecule has 1 aromatic carbocycles. The lowest BCUT2D eigenvalue weighted by molar-refractivity contribution is -0.165. The molecule has 4 bridgehead atoms. The highest BCUT2D eigenvalue weighted by molar-refractivity contribution is 7.80. The zero-order valence-corrected chi connectivity index (χ0v) is 29.3. The van der Waals surface area contributed by atoms with Crippen LogP contribution in [0.5, 0.6) is 5.75 Å². The average Bonchev–Trinajstić information content (AvgIpc) is 3.67.